The fourth-order valence-electron chi connectivity index (χ4n) is 2.88. The molecule has 0 fully saturated rings. The van der Waals surface area contributed by atoms with Crippen LogP contribution in [0.1, 0.15) is 20.7 Å². The van der Waals surface area contributed by atoms with Crippen LogP contribution in [-0.4, -0.2) is 46.9 Å². The van der Waals surface area contributed by atoms with E-state index in [1.165, 1.54) is 34.9 Å². The predicted octanol–water partition coefficient (Wildman–Crippen LogP) is 3.95. The molecular weight excluding hydrogens is 460 g/mol. The summed E-state index contributed by atoms with van der Waals surface area (Å²) in [6, 6.07) is 10.3. The van der Waals surface area contributed by atoms with Crippen molar-refractivity contribution in [3.63, 3.8) is 0 Å². The summed E-state index contributed by atoms with van der Waals surface area (Å²) < 4.78 is 22.5. The summed E-state index contributed by atoms with van der Waals surface area (Å²) in [5.74, 6) is 2.84. The molecule has 0 bridgehead atoms. The van der Waals surface area contributed by atoms with Crippen LogP contribution in [0.4, 0.5) is 0 Å². The second-order valence-electron chi connectivity index (χ2n) is 6.39. The van der Waals surface area contributed by atoms with Crippen LogP contribution in [0.2, 0.25) is 0 Å². The van der Waals surface area contributed by atoms with E-state index in [9.17, 15) is 9.59 Å². The first-order valence-electron chi connectivity index (χ1n) is 9.10. The fraction of sp³-hybridized carbons (Fsp3) is 0.200. The van der Waals surface area contributed by atoms with Gasteiger partial charge in [-0.3, -0.25) is 9.59 Å². The Balaban J connectivity index is 1.13. The van der Waals surface area contributed by atoms with Gasteiger partial charge in [0.1, 0.15) is 0 Å². The first kappa shape index (κ1) is 20.2. The second kappa shape index (κ2) is 8.77. The second-order valence-corrected chi connectivity index (χ2v) is 9.82. The number of rotatable bonds is 8. The molecule has 0 saturated heterocycles. The van der Waals surface area contributed by atoms with Crippen molar-refractivity contribution in [2.24, 2.45) is 0 Å². The number of hydrogen-bond donors (Lipinski definition) is 0. The summed E-state index contributed by atoms with van der Waals surface area (Å²) >= 11 is 3.99. The maximum Gasteiger partial charge on any atom is 0.231 e. The third-order valence-corrected chi connectivity index (χ3v) is 7.62. The Morgan fingerprint density at radius 2 is 1.19 bits per heavy atom. The van der Waals surface area contributed by atoms with Gasteiger partial charge in [-0.25, -0.2) is 0 Å². The summed E-state index contributed by atoms with van der Waals surface area (Å²) in [4.78, 5) is 24.9. The molecule has 0 saturated carbocycles. The minimum atomic E-state index is -0.0364. The number of nitrogens with zero attached hydrogens (tertiary/aromatic N) is 2. The van der Waals surface area contributed by atoms with Gasteiger partial charge in [0.05, 0.1) is 11.5 Å². The minimum absolute atomic E-state index is 0.0364. The highest BCUT2D eigenvalue weighted by Gasteiger charge is 2.19. The van der Waals surface area contributed by atoms with Crippen molar-refractivity contribution < 1.29 is 28.5 Å². The molecule has 0 unspecified atom stereocenters. The van der Waals surface area contributed by atoms with E-state index in [1.54, 1.807) is 36.4 Å². The molecule has 0 atom stereocenters. The fourth-order valence-corrected chi connectivity index (χ4v) is 5.68. The highest BCUT2D eigenvalue weighted by atomic mass is 32.2. The Bertz CT molecular complexity index is 1080. The van der Waals surface area contributed by atoms with E-state index in [4.69, 9.17) is 18.9 Å². The molecule has 158 valence electrons. The summed E-state index contributed by atoms with van der Waals surface area (Å²) in [7, 11) is 0. The quantitative estimate of drug-likeness (QED) is 0.353. The van der Waals surface area contributed by atoms with E-state index in [2.05, 4.69) is 10.2 Å². The number of ether oxygens (including phenoxy) is 4. The highest BCUT2D eigenvalue weighted by Crippen LogP contribution is 2.35. The van der Waals surface area contributed by atoms with Gasteiger partial charge in [0.25, 0.3) is 0 Å². The topological polar surface area (TPSA) is 96.8 Å². The highest BCUT2D eigenvalue weighted by molar-refractivity contribution is 8.03. The van der Waals surface area contributed by atoms with Crippen molar-refractivity contribution in [1.29, 1.82) is 0 Å². The SMILES string of the molecule is O=C(CSc1nnc(SCC(=O)c2ccc3c(c2)OCO3)s1)c1ccc2c(c1)OCO2. The van der Waals surface area contributed by atoms with E-state index >= 15 is 0 Å². The van der Waals surface area contributed by atoms with Crippen LogP contribution in [0, 0.1) is 0 Å². The third kappa shape index (κ3) is 4.48. The van der Waals surface area contributed by atoms with Crippen LogP contribution < -0.4 is 18.9 Å². The molecule has 0 N–H and O–H groups in total. The molecule has 0 radical (unpaired) electrons. The van der Waals surface area contributed by atoms with Gasteiger partial charge in [-0.1, -0.05) is 34.9 Å². The van der Waals surface area contributed by atoms with Crippen molar-refractivity contribution in [2.75, 3.05) is 25.1 Å². The maximum atomic E-state index is 12.4. The maximum absolute atomic E-state index is 12.4. The summed E-state index contributed by atoms with van der Waals surface area (Å²) in [5, 5.41) is 8.21. The van der Waals surface area contributed by atoms with Crippen molar-refractivity contribution in [3.8, 4) is 23.0 Å². The average molecular weight is 475 g/mol. The number of Topliss-reactive ketones (excluding diaryl/α,β-unsaturated/α-hetero) is 2. The number of ketones is 2. The molecule has 5 rings (SSSR count). The van der Waals surface area contributed by atoms with Gasteiger partial charge in [-0.2, -0.15) is 0 Å². The normalized spacial score (nSPS) is 13.4. The van der Waals surface area contributed by atoms with Crippen molar-refractivity contribution in [1.82, 2.24) is 10.2 Å². The first-order valence-corrected chi connectivity index (χ1v) is 11.9. The Morgan fingerprint density at radius 3 is 1.68 bits per heavy atom. The molecule has 31 heavy (non-hydrogen) atoms. The van der Waals surface area contributed by atoms with Gasteiger partial charge in [0.15, 0.2) is 43.2 Å². The number of benzene rings is 2. The van der Waals surface area contributed by atoms with Gasteiger partial charge in [-0.15, -0.1) is 10.2 Å². The van der Waals surface area contributed by atoms with Gasteiger partial charge >= 0.3 is 0 Å². The lowest BCUT2D eigenvalue weighted by atomic mass is 10.1. The van der Waals surface area contributed by atoms with Gasteiger partial charge < -0.3 is 18.9 Å². The molecule has 3 heterocycles. The minimum Gasteiger partial charge on any atom is -0.454 e. The Labute approximate surface area is 189 Å². The Kier molecular flexibility index (Phi) is 5.70. The molecule has 0 aliphatic carbocycles. The number of carbonyl (C=O) groups excluding carboxylic acids is 2. The summed E-state index contributed by atoms with van der Waals surface area (Å²) in [6.45, 7) is 0.342. The molecule has 0 spiro atoms. The van der Waals surface area contributed by atoms with Crippen LogP contribution in [-0.2, 0) is 0 Å². The Hall–Kier alpha value is -2.76. The molecule has 11 heteroatoms. The van der Waals surface area contributed by atoms with Crippen LogP contribution in [0.5, 0.6) is 23.0 Å². The molecule has 1 aromatic heterocycles. The van der Waals surface area contributed by atoms with Crippen molar-refractivity contribution in [3.05, 3.63) is 47.5 Å². The largest absolute Gasteiger partial charge is 0.454 e. The van der Waals surface area contributed by atoms with E-state index < -0.39 is 0 Å². The standard InChI is InChI=1S/C20H14N2O6S3/c23-13(11-1-3-15-17(5-11)27-9-25-15)7-29-19-21-22-20(31-19)30-8-14(24)12-2-4-16-18(6-12)28-10-26-16/h1-6H,7-10H2. The molecule has 2 aliphatic rings. The molecule has 3 aromatic rings. The van der Waals surface area contributed by atoms with Crippen LogP contribution in [0.3, 0.4) is 0 Å². The molecular formula is C20H14N2O6S3. The van der Waals surface area contributed by atoms with E-state index in [0.29, 0.717) is 42.8 Å². The van der Waals surface area contributed by atoms with E-state index in [0.717, 1.165) is 0 Å². The zero-order valence-electron chi connectivity index (χ0n) is 15.9. The summed E-state index contributed by atoms with van der Waals surface area (Å²) in [5.41, 5.74) is 1.12. The number of aromatic nitrogens is 2. The van der Waals surface area contributed by atoms with Crippen molar-refractivity contribution >= 4 is 46.4 Å². The average Bonchev–Trinajstić information content (AvgIpc) is 3.55. The van der Waals surface area contributed by atoms with E-state index in [1.807, 2.05) is 0 Å². The number of fused-ring (bicyclic) bond motifs is 2. The molecule has 8 nitrogen and oxygen atoms in total. The monoisotopic (exact) mass is 474 g/mol. The lowest BCUT2D eigenvalue weighted by Crippen LogP contribution is -2.02. The zero-order valence-corrected chi connectivity index (χ0v) is 18.3. The number of hydrogen-bond acceptors (Lipinski definition) is 11. The third-order valence-electron chi connectivity index (χ3n) is 4.43. The first-order chi connectivity index (χ1) is 15.2. The molecule has 2 aliphatic heterocycles. The van der Waals surface area contributed by atoms with Crippen molar-refractivity contribution in [2.45, 2.75) is 8.68 Å². The summed E-state index contributed by atoms with van der Waals surface area (Å²) in [6.07, 6.45) is 0. The lowest BCUT2D eigenvalue weighted by molar-refractivity contribution is 0.101. The number of carbonyl (C=O) groups is 2. The molecule has 2 aromatic carbocycles. The van der Waals surface area contributed by atoms with Crippen LogP contribution in [0.25, 0.3) is 0 Å². The van der Waals surface area contributed by atoms with Gasteiger partial charge in [0, 0.05) is 11.1 Å². The number of thioether (sulfide) groups is 2. The molecule has 0 amide bonds. The zero-order chi connectivity index (χ0) is 21.2. The van der Waals surface area contributed by atoms with Crippen LogP contribution in [0.15, 0.2) is 45.1 Å². The van der Waals surface area contributed by atoms with E-state index in [-0.39, 0.29) is 36.7 Å². The Morgan fingerprint density at radius 1 is 0.742 bits per heavy atom. The predicted molar refractivity (Wildman–Crippen MR) is 115 cm³/mol. The van der Waals surface area contributed by atoms with Gasteiger partial charge in [0.2, 0.25) is 13.6 Å². The van der Waals surface area contributed by atoms with Crippen LogP contribution >= 0.6 is 34.9 Å². The van der Waals surface area contributed by atoms with Gasteiger partial charge in [-0.05, 0) is 36.4 Å². The lowest BCUT2D eigenvalue weighted by Gasteiger charge is -2.01. The smallest absolute Gasteiger partial charge is 0.231 e.